The van der Waals surface area contributed by atoms with Crippen LogP contribution in [0.5, 0.6) is 0 Å². The quantitative estimate of drug-likeness (QED) is 0.685. The van der Waals surface area contributed by atoms with E-state index in [0.717, 1.165) is 25.6 Å². The molecule has 3 heteroatoms. The van der Waals surface area contributed by atoms with Crippen molar-refractivity contribution in [2.75, 3.05) is 33.7 Å². The average molecular weight is 197 g/mol. The monoisotopic (exact) mass is 197 g/mol. The Hall–Kier alpha value is -0.730. The van der Waals surface area contributed by atoms with Gasteiger partial charge in [-0.2, -0.15) is 0 Å². The van der Waals surface area contributed by atoms with E-state index in [9.17, 15) is 0 Å². The number of nitrogens with zero attached hydrogens (tertiary/aromatic N) is 3. The first-order chi connectivity index (χ1) is 6.46. The van der Waals surface area contributed by atoms with Crippen LogP contribution in [0.15, 0.2) is 4.99 Å². The van der Waals surface area contributed by atoms with E-state index < -0.39 is 0 Å². The van der Waals surface area contributed by atoms with Crippen molar-refractivity contribution in [1.29, 1.82) is 0 Å². The number of guanidine groups is 1. The van der Waals surface area contributed by atoms with E-state index >= 15 is 0 Å². The van der Waals surface area contributed by atoms with Crippen molar-refractivity contribution < 1.29 is 0 Å². The van der Waals surface area contributed by atoms with Gasteiger partial charge < -0.3 is 9.80 Å². The molecular formula is C11H23N3. The second kappa shape index (κ2) is 4.20. The SMILES string of the molecule is CCC(C)(C)CN=C1N(C)CCN1C. The maximum atomic E-state index is 4.70. The van der Waals surface area contributed by atoms with Gasteiger partial charge in [0.05, 0.1) is 0 Å². The highest BCUT2D eigenvalue weighted by molar-refractivity contribution is 5.81. The second-order valence-electron chi connectivity index (χ2n) is 4.98. The summed E-state index contributed by atoms with van der Waals surface area (Å²) in [6.45, 7) is 9.89. The number of aliphatic imine (C=N–C) groups is 1. The van der Waals surface area contributed by atoms with Gasteiger partial charge in [-0.1, -0.05) is 20.8 Å². The van der Waals surface area contributed by atoms with Crippen LogP contribution in [0, 0.1) is 5.41 Å². The van der Waals surface area contributed by atoms with Crippen molar-refractivity contribution in [2.45, 2.75) is 27.2 Å². The topological polar surface area (TPSA) is 18.8 Å². The Morgan fingerprint density at radius 2 is 1.71 bits per heavy atom. The molecule has 0 bridgehead atoms. The summed E-state index contributed by atoms with van der Waals surface area (Å²) < 4.78 is 0. The third-order valence-corrected chi connectivity index (χ3v) is 3.06. The molecular weight excluding hydrogens is 174 g/mol. The molecule has 1 rings (SSSR count). The molecule has 0 aliphatic carbocycles. The molecule has 0 radical (unpaired) electrons. The van der Waals surface area contributed by atoms with Crippen LogP contribution in [0.2, 0.25) is 0 Å². The first-order valence-corrected chi connectivity index (χ1v) is 5.43. The summed E-state index contributed by atoms with van der Waals surface area (Å²) in [5, 5.41) is 0. The zero-order valence-corrected chi connectivity index (χ0v) is 10.2. The van der Waals surface area contributed by atoms with Gasteiger partial charge in [-0.3, -0.25) is 4.99 Å². The van der Waals surface area contributed by atoms with E-state index in [1.165, 1.54) is 6.42 Å². The zero-order valence-electron chi connectivity index (χ0n) is 10.2. The minimum absolute atomic E-state index is 0.331. The molecule has 0 amide bonds. The van der Waals surface area contributed by atoms with Crippen LogP contribution in [0.4, 0.5) is 0 Å². The number of hydrogen-bond acceptors (Lipinski definition) is 1. The van der Waals surface area contributed by atoms with Crippen LogP contribution < -0.4 is 0 Å². The summed E-state index contributed by atoms with van der Waals surface area (Å²) >= 11 is 0. The lowest BCUT2D eigenvalue weighted by Gasteiger charge is -2.22. The van der Waals surface area contributed by atoms with Crippen LogP contribution in [-0.4, -0.2) is 49.5 Å². The van der Waals surface area contributed by atoms with Crippen molar-refractivity contribution in [3.63, 3.8) is 0 Å². The Bertz CT molecular complexity index is 209. The molecule has 0 unspecified atom stereocenters. The molecule has 0 spiro atoms. The second-order valence-corrected chi connectivity index (χ2v) is 4.98. The molecule has 1 fully saturated rings. The fourth-order valence-electron chi connectivity index (χ4n) is 1.43. The van der Waals surface area contributed by atoms with Gasteiger partial charge >= 0.3 is 0 Å². The molecule has 82 valence electrons. The summed E-state index contributed by atoms with van der Waals surface area (Å²) in [7, 11) is 4.22. The Morgan fingerprint density at radius 3 is 2.14 bits per heavy atom. The highest BCUT2D eigenvalue weighted by atomic mass is 15.4. The molecule has 0 aromatic heterocycles. The Kier molecular flexibility index (Phi) is 3.40. The lowest BCUT2D eigenvalue weighted by atomic mass is 9.91. The van der Waals surface area contributed by atoms with E-state index in [2.05, 4.69) is 44.7 Å². The largest absolute Gasteiger partial charge is 0.344 e. The summed E-state index contributed by atoms with van der Waals surface area (Å²) in [5.41, 5.74) is 0.331. The highest BCUT2D eigenvalue weighted by Gasteiger charge is 2.21. The molecule has 0 aromatic carbocycles. The Labute approximate surface area is 87.8 Å². The minimum Gasteiger partial charge on any atom is -0.344 e. The Morgan fingerprint density at radius 1 is 1.21 bits per heavy atom. The predicted molar refractivity (Wildman–Crippen MR) is 61.6 cm³/mol. The third-order valence-electron chi connectivity index (χ3n) is 3.06. The zero-order chi connectivity index (χ0) is 10.8. The third kappa shape index (κ3) is 2.63. The molecule has 0 atom stereocenters. The van der Waals surface area contributed by atoms with E-state index in [-0.39, 0.29) is 0 Å². The molecule has 0 aromatic rings. The molecule has 1 aliphatic heterocycles. The van der Waals surface area contributed by atoms with Crippen molar-refractivity contribution in [2.24, 2.45) is 10.4 Å². The van der Waals surface area contributed by atoms with E-state index in [1.807, 2.05) is 0 Å². The molecule has 0 N–H and O–H groups in total. The van der Waals surface area contributed by atoms with Gasteiger partial charge in [0.15, 0.2) is 5.96 Å². The van der Waals surface area contributed by atoms with Gasteiger partial charge in [-0.15, -0.1) is 0 Å². The number of hydrogen-bond donors (Lipinski definition) is 0. The van der Waals surface area contributed by atoms with Gasteiger partial charge in [0.1, 0.15) is 0 Å². The van der Waals surface area contributed by atoms with Crippen LogP contribution in [0.3, 0.4) is 0 Å². The lowest BCUT2D eigenvalue weighted by Crippen LogP contribution is -2.30. The average Bonchev–Trinajstić information content (AvgIpc) is 2.44. The molecule has 1 heterocycles. The fraction of sp³-hybridized carbons (Fsp3) is 0.909. The van der Waals surface area contributed by atoms with Gasteiger partial charge in [0.2, 0.25) is 0 Å². The molecule has 14 heavy (non-hydrogen) atoms. The fourth-order valence-corrected chi connectivity index (χ4v) is 1.43. The van der Waals surface area contributed by atoms with E-state index in [4.69, 9.17) is 4.99 Å². The maximum absolute atomic E-state index is 4.70. The summed E-state index contributed by atoms with van der Waals surface area (Å²) in [5.74, 6) is 1.14. The standard InChI is InChI=1S/C11H23N3/c1-6-11(2,3)9-12-10-13(4)7-8-14(10)5/h6-9H2,1-5H3. The van der Waals surface area contributed by atoms with E-state index in [0.29, 0.717) is 5.41 Å². The number of likely N-dealkylation sites (N-methyl/N-ethyl adjacent to an activating group) is 2. The molecule has 0 saturated carbocycles. The van der Waals surface area contributed by atoms with Gasteiger partial charge in [-0.25, -0.2) is 0 Å². The van der Waals surface area contributed by atoms with Crippen molar-refractivity contribution >= 4 is 5.96 Å². The highest BCUT2D eigenvalue weighted by Crippen LogP contribution is 2.20. The summed E-state index contributed by atoms with van der Waals surface area (Å²) in [6.07, 6.45) is 1.18. The summed E-state index contributed by atoms with van der Waals surface area (Å²) in [6, 6.07) is 0. The first-order valence-electron chi connectivity index (χ1n) is 5.43. The molecule has 1 saturated heterocycles. The first kappa shape index (κ1) is 11.3. The lowest BCUT2D eigenvalue weighted by molar-refractivity contribution is 0.362. The van der Waals surface area contributed by atoms with Crippen molar-refractivity contribution in [1.82, 2.24) is 9.80 Å². The van der Waals surface area contributed by atoms with Gasteiger partial charge in [0.25, 0.3) is 0 Å². The van der Waals surface area contributed by atoms with Gasteiger partial charge in [-0.05, 0) is 11.8 Å². The minimum atomic E-state index is 0.331. The van der Waals surface area contributed by atoms with Crippen LogP contribution in [0.25, 0.3) is 0 Å². The molecule has 3 nitrogen and oxygen atoms in total. The number of rotatable bonds is 3. The van der Waals surface area contributed by atoms with Crippen molar-refractivity contribution in [3.05, 3.63) is 0 Å². The smallest absolute Gasteiger partial charge is 0.196 e. The van der Waals surface area contributed by atoms with Gasteiger partial charge in [0, 0.05) is 33.7 Å². The van der Waals surface area contributed by atoms with Crippen LogP contribution >= 0.6 is 0 Å². The normalized spacial score (nSPS) is 17.9. The Balaban J connectivity index is 2.59. The van der Waals surface area contributed by atoms with Crippen LogP contribution in [0.1, 0.15) is 27.2 Å². The van der Waals surface area contributed by atoms with Crippen LogP contribution in [-0.2, 0) is 0 Å². The summed E-state index contributed by atoms with van der Waals surface area (Å²) in [4.78, 5) is 9.15. The predicted octanol–water partition coefficient (Wildman–Crippen LogP) is 1.66. The van der Waals surface area contributed by atoms with Crippen molar-refractivity contribution in [3.8, 4) is 0 Å². The molecule has 1 aliphatic rings. The van der Waals surface area contributed by atoms with E-state index in [1.54, 1.807) is 0 Å². The maximum Gasteiger partial charge on any atom is 0.196 e.